The van der Waals surface area contributed by atoms with Crippen molar-refractivity contribution in [3.63, 3.8) is 0 Å². The highest BCUT2D eigenvalue weighted by Gasteiger charge is 2.12. The third-order valence-electron chi connectivity index (χ3n) is 2.76. The van der Waals surface area contributed by atoms with E-state index in [9.17, 15) is 8.42 Å². The fourth-order valence-corrected chi connectivity index (χ4v) is 2.49. The SMILES string of the molecule is CCCNC(CCCS(=O)(=O)CC)COC(C)C. The summed E-state index contributed by atoms with van der Waals surface area (Å²) in [6.45, 7) is 9.45. The van der Waals surface area contributed by atoms with Crippen LogP contribution in [0.25, 0.3) is 0 Å². The lowest BCUT2D eigenvalue weighted by Crippen LogP contribution is -2.35. The summed E-state index contributed by atoms with van der Waals surface area (Å²) < 4.78 is 28.4. The topological polar surface area (TPSA) is 55.4 Å². The largest absolute Gasteiger partial charge is 0.377 e. The van der Waals surface area contributed by atoms with Crippen molar-refractivity contribution in [1.82, 2.24) is 5.32 Å². The highest BCUT2D eigenvalue weighted by atomic mass is 32.2. The molecule has 1 atom stereocenters. The van der Waals surface area contributed by atoms with Gasteiger partial charge < -0.3 is 10.1 Å². The zero-order valence-electron chi connectivity index (χ0n) is 12.2. The Morgan fingerprint density at radius 1 is 1.22 bits per heavy atom. The van der Waals surface area contributed by atoms with Gasteiger partial charge in [-0.15, -0.1) is 0 Å². The molecule has 1 N–H and O–H groups in total. The molecule has 0 aromatic carbocycles. The molecule has 5 heteroatoms. The van der Waals surface area contributed by atoms with Gasteiger partial charge in [0.15, 0.2) is 0 Å². The molecule has 0 radical (unpaired) electrons. The third-order valence-corrected chi connectivity index (χ3v) is 4.55. The number of hydrogen-bond donors (Lipinski definition) is 1. The van der Waals surface area contributed by atoms with E-state index in [2.05, 4.69) is 12.2 Å². The van der Waals surface area contributed by atoms with Crippen LogP contribution in [0.4, 0.5) is 0 Å². The normalized spacial score (nSPS) is 14.1. The minimum atomic E-state index is -2.84. The Bertz CT molecular complexity index is 289. The Morgan fingerprint density at radius 3 is 2.39 bits per heavy atom. The fraction of sp³-hybridized carbons (Fsp3) is 1.00. The molecule has 0 saturated carbocycles. The van der Waals surface area contributed by atoms with Crippen LogP contribution in [0.15, 0.2) is 0 Å². The summed E-state index contributed by atoms with van der Waals surface area (Å²) in [5.74, 6) is 0.526. The van der Waals surface area contributed by atoms with E-state index in [-0.39, 0.29) is 23.7 Å². The van der Waals surface area contributed by atoms with Gasteiger partial charge in [0.05, 0.1) is 18.5 Å². The van der Waals surface area contributed by atoms with Crippen molar-refractivity contribution in [1.29, 1.82) is 0 Å². The number of rotatable bonds is 11. The second-order valence-corrected chi connectivity index (χ2v) is 7.38. The molecule has 0 aromatic heterocycles. The van der Waals surface area contributed by atoms with Crippen LogP contribution in [0.3, 0.4) is 0 Å². The van der Waals surface area contributed by atoms with E-state index in [1.165, 1.54) is 0 Å². The number of hydrogen-bond acceptors (Lipinski definition) is 4. The summed E-state index contributed by atoms with van der Waals surface area (Å²) in [5.41, 5.74) is 0. The fourth-order valence-electron chi connectivity index (χ4n) is 1.60. The average Bonchev–Trinajstić information content (AvgIpc) is 2.31. The second-order valence-electron chi connectivity index (χ2n) is 4.91. The van der Waals surface area contributed by atoms with Crippen LogP contribution < -0.4 is 5.32 Å². The van der Waals surface area contributed by atoms with Crippen molar-refractivity contribution < 1.29 is 13.2 Å². The molecule has 0 fully saturated rings. The summed E-state index contributed by atoms with van der Waals surface area (Å²) in [4.78, 5) is 0. The molecular weight excluding hydrogens is 250 g/mol. The molecule has 0 aromatic rings. The van der Waals surface area contributed by atoms with Gasteiger partial charge in [0.25, 0.3) is 0 Å². The summed E-state index contributed by atoms with van der Waals surface area (Å²) in [5, 5.41) is 3.41. The Hall–Kier alpha value is -0.130. The van der Waals surface area contributed by atoms with Gasteiger partial charge in [-0.2, -0.15) is 0 Å². The monoisotopic (exact) mass is 279 g/mol. The molecule has 0 rings (SSSR count). The van der Waals surface area contributed by atoms with Crippen LogP contribution >= 0.6 is 0 Å². The zero-order chi connectivity index (χ0) is 14.0. The average molecular weight is 279 g/mol. The van der Waals surface area contributed by atoms with E-state index in [0.717, 1.165) is 19.4 Å². The molecule has 0 aliphatic rings. The molecule has 0 aliphatic carbocycles. The molecule has 0 spiro atoms. The van der Waals surface area contributed by atoms with E-state index >= 15 is 0 Å². The first-order valence-corrected chi connectivity index (χ1v) is 8.78. The number of ether oxygens (including phenoxy) is 1. The van der Waals surface area contributed by atoms with E-state index in [0.29, 0.717) is 13.0 Å². The maximum atomic E-state index is 11.4. The van der Waals surface area contributed by atoms with Crippen LogP contribution in [0.5, 0.6) is 0 Å². The van der Waals surface area contributed by atoms with Crippen LogP contribution in [0.2, 0.25) is 0 Å². The molecule has 0 bridgehead atoms. The summed E-state index contributed by atoms with van der Waals surface area (Å²) in [6, 6.07) is 0.263. The molecule has 0 heterocycles. The molecule has 1 unspecified atom stereocenters. The molecule has 4 nitrogen and oxygen atoms in total. The second kappa shape index (κ2) is 9.75. The van der Waals surface area contributed by atoms with Gasteiger partial charge in [-0.1, -0.05) is 13.8 Å². The first-order chi connectivity index (χ1) is 8.41. The zero-order valence-corrected chi connectivity index (χ0v) is 13.1. The van der Waals surface area contributed by atoms with Crippen molar-refractivity contribution in [2.75, 3.05) is 24.7 Å². The number of nitrogens with one attached hydrogen (secondary N) is 1. The van der Waals surface area contributed by atoms with Crippen molar-refractivity contribution >= 4 is 9.84 Å². The van der Waals surface area contributed by atoms with E-state index in [4.69, 9.17) is 4.74 Å². The smallest absolute Gasteiger partial charge is 0.150 e. The van der Waals surface area contributed by atoms with Crippen molar-refractivity contribution in [2.45, 2.75) is 59.1 Å². The summed E-state index contributed by atoms with van der Waals surface area (Å²) in [7, 11) is -2.84. The molecule has 0 amide bonds. The van der Waals surface area contributed by atoms with Gasteiger partial charge in [0.1, 0.15) is 9.84 Å². The molecular formula is C13H29NO3S. The maximum Gasteiger partial charge on any atom is 0.150 e. The quantitative estimate of drug-likeness (QED) is 0.628. The highest BCUT2D eigenvalue weighted by Crippen LogP contribution is 2.04. The predicted molar refractivity (Wildman–Crippen MR) is 76.7 cm³/mol. The Morgan fingerprint density at radius 2 is 1.89 bits per heavy atom. The summed E-state index contributed by atoms with van der Waals surface area (Å²) >= 11 is 0. The van der Waals surface area contributed by atoms with Crippen LogP contribution in [0.1, 0.15) is 47.0 Å². The lowest BCUT2D eigenvalue weighted by Gasteiger charge is -2.20. The predicted octanol–water partition coefficient (Wildman–Crippen LogP) is 1.99. The Balaban J connectivity index is 3.99. The molecule has 0 aliphatic heterocycles. The van der Waals surface area contributed by atoms with Crippen molar-refractivity contribution in [3.8, 4) is 0 Å². The molecule has 110 valence electrons. The van der Waals surface area contributed by atoms with Gasteiger partial charge in [-0.05, 0) is 39.7 Å². The lowest BCUT2D eigenvalue weighted by atomic mass is 10.2. The standard InChI is InChI=1S/C13H29NO3S/c1-5-9-14-13(11-17-12(3)4)8-7-10-18(15,16)6-2/h12-14H,5-11H2,1-4H3. The highest BCUT2D eigenvalue weighted by molar-refractivity contribution is 7.91. The minimum absolute atomic E-state index is 0.218. The van der Waals surface area contributed by atoms with Gasteiger partial charge in [0, 0.05) is 11.8 Å². The summed E-state index contributed by atoms with van der Waals surface area (Å²) in [6.07, 6.45) is 2.85. The van der Waals surface area contributed by atoms with Crippen LogP contribution in [0, 0.1) is 0 Å². The molecule has 0 saturated heterocycles. The van der Waals surface area contributed by atoms with Crippen LogP contribution in [-0.4, -0.2) is 45.2 Å². The van der Waals surface area contributed by atoms with Gasteiger partial charge in [0.2, 0.25) is 0 Å². The van der Waals surface area contributed by atoms with Crippen molar-refractivity contribution in [3.05, 3.63) is 0 Å². The van der Waals surface area contributed by atoms with E-state index < -0.39 is 9.84 Å². The molecule has 18 heavy (non-hydrogen) atoms. The minimum Gasteiger partial charge on any atom is -0.377 e. The lowest BCUT2D eigenvalue weighted by molar-refractivity contribution is 0.0594. The Labute approximate surface area is 112 Å². The van der Waals surface area contributed by atoms with Gasteiger partial charge in [-0.25, -0.2) is 8.42 Å². The van der Waals surface area contributed by atoms with Gasteiger partial charge in [-0.3, -0.25) is 0 Å². The van der Waals surface area contributed by atoms with Gasteiger partial charge >= 0.3 is 0 Å². The Kier molecular flexibility index (Phi) is 9.68. The first-order valence-electron chi connectivity index (χ1n) is 6.96. The maximum absolute atomic E-state index is 11.4. The van der Waals surface area contributed by atoms with E-state index in [1.807, 2.05) is 13.8 Å². The van der Waals surface area contributed by atoms with Crippen LogP contribution in [-0.2, 0) is 14.6 Å². The first kappa shape index (κ1) is 17.9. The van der Waals surface area contributed by atoms with Crippen molar-refractivity contribution in [2.24, 2.45) is 0 Å². The number of sulfone groups is 1. The van der Waals surface area contributed by atoms with E-state index in [1.54, 1.807) is 6.92 Å². The third kappa shape index (κ3) is 9.85.